The van der Waals surface area contributed by atoms with E-state index in [0.717, 1.165) is 5.56 Å². The molecule has 2 aromatic rings. The van der Waals surface area contributed by atoms with Crippen LogP contribution in [0.3, 0.4) is 0 Å². The average molecular weight is 281 g/mol. The number of hydrogen-bond acceptors (Lipinski definition) is 2. The standard InChI is InChI=1S/C15H17F2NS/c16-15(17)7-4-10(5-8-15)13(18)12-3-1-2-11-6-9-19-14(11)12/h1-3,6,9-10,13H,4-5,7-8,18H2. The highest BCUT2D eigenvalue weighted by Crippen LogP contribution is 2.42. The quantitative estimate of drug-likeness (QED) is 0.846. The molecule has 4 heteroatoms. The lowest BCUT2D eigenvalue weighted by Gasteiger charge is -2.32. The second-order valence-electron chi connectivity index (χ2n) is 5.41. The molecule has 1 aromatic heterocycles. The summed E-state index contributed by atoms with van der Waals surface area (Å²) in [4.78, 5) is 0. The van der Waals surface area contributed by atoms with E-state index in [0.29, 0.717) is 12.8 Å². The molecule has 0 saturated heterocycles. The molecular formula is C15H17F2NS. The van der Waals surface area contributed by atoms with Crippen molar-refractivity contribution < 1.29 is 8.78 Å². The molecule has 19 heavy (non-hydrogen) atoms. The molecule has 0 spiro atoms. The van der Waals surface area contributed by atoms with Crippen LogP contribution in [0.1, 0.15) is 37.3 Å². The number of hydrogen-bond donors (Lipinski definition) is 1. The predicted molar refractivity (Wildman–Crippen MR) is 75.7 cm³/mol. The summed E-state index contributed by atoms with van der Waals surface area (Å²) in [5, 5.41) is 3.25. The lowest BCUT2D eigenvalue weighted by Crippen LogP contribution is -2.31. The maximum atomic E-state index is 13.2. The van der Waals surface area contributed by atoms with E-state index in [4.69, 9.17) is 5.73 Å². The van der Waals surface area contributed by atoms with Gasteiger partial charge in [0.15, 0.2) is 0 Å². The van der Waals surface area contributed by atoms with E-state index < -0.39 is 5.92 Å². The smallest absolute Gasteiger partial charge is 0.248 e. The number of benzene rings is 1. The van der Waals surface area contributed by atoms with Gasteiger partial charge in [0, 0.05) is 23.6 Å². The zero-order chi connectivity index (χ0) is 13.5. The fourth-order valence-electron chi connectivity index (χ4n) is 2.95. The van der Waals surface area contributed by atoms with Gasteiger partial charge >= 0.3 is 0 Å². The van der Waals surface area contributed by atoms with E-state index >= 15 is 0 Å². The third-order valence-corrected chi connectivity index (χ3v) is 5.12. The number of thiophene rings is 1. The van der Waals surface area contributed by atoms with Crippen molar-refractivity contribution in [2.75, 3.05) is 0 Å². The average Bonchev–Trinajstić information content (AvgIpc) is 2.86. The highest BCUT2D eigenvalue weighted by atomic mass is 32.1. The predicted octanol–water partition coefficient (Wildman–Crippen LogP) is 4.73. The monoisotopic (exact) mass is 281 g/mol. The molecule has 102 valence electrons. The summed E-state index contributed by atoms with van der Waals surface area (Å²) in [6.45, 7) is 0. The van der Waals surface area contributed by atoms with Gasteiger partial charge in [0.2, 0.25) is 5.92 Å². The van der Waals surface area contributed by atoms with Crippen LogP contribution in [0.15, 0.2) is 29.6 Å². The number of nitrogens with two attached hydrogens (primary N) is 1. The maximum Gasteiger partial charge on any atom is 0.248 e. The molecule has 0 amide bonds. The minimum absolute atomic E-state index is 0.0220. The molecule has 3 rings (SSSR count). The van der Waals surface area contributed by atoms with Crippen LogP contribution in [0.2, 0.25) is 0 Å². The van der Waals surface area contributed by atoms with Gasteiger partial charge in [-0.1, -0.05) is 18.2 Å². The van der Waals surface area contributed by atoms with E-state index in [9.17, 15) is 8.78 Å². The third-order valence-electron chi connectivity index (χ3n) is 4.14. The van der Waals surface area contributed by atoms with Crippen LogP contribution >= 0.6 is 11.3 Å². The second kappa shape index (κ2) is 4.84. The largest absolute Gasteiger partial charge is 0.324 e. The van der Waals surface area contributed by atoms with Gasteiger partial charge in [-0.2, -0.15) is 0 Å². The van der Waals surface area contributed by atoms with Crippen molar-refractivity contribution in [3.05, 3.63) is 35.2 Å². The molecule has 1 atom stereocenters. The summed E-state index contributed by atoms with van der Waals surface area (Å²) in [6.07, 6.45) is 1.00. The molecule has 0 bridgehead atoms. The van der Waals surface area contributed by atoms with Crippen LogP contribution < -0.4 is 5.73 Å². The second-order valence-corrected chi connectivity index (χ2v) is 6.32. The van der Waals surface area contributed by atoms with Gasteiger partial charge in [0.25, 0.3) is 0 Å². The van der Waals surface area contributed by atoms with Crippen LogP contribution in [-0.4, -0.2) is 5.92 Å². The summed E-state index contributed by atoms with van der Waals surface area (Å²) in [7, 11) is 0. The lowest BCUT2D eigenvalue weighted by atomic mass is 9.80. The van der Waals surface area contributed by atoms with Gasteiger partial charge in [-0.15, -0.1) is 11.3 Å². The van der Waals surface area contributed by atoms with Crippen LogP contribution in [0, 0.1) is 5.92 Å². The Morgan fingerprint density at radius 3 is 2.68 bits per heavy atom. The number of alkyl halides is 2. The molecule has 1 fully saturated rings. The van der Waals surface area contributed by atoms with Crippen LogP contribution in [0.5, 0.6) is 0 Å². The summed E-state index contributed by atoms with van der Waals surface area (Å²) in [5.74, 6) is -2.31. The molecule has 1 saturated carbocycles. The van der Waals surface area contributed by atoms with Crippen LogP contribution in [0.4, 0.5) is 8.78 Å². The lowest BCUT2D eigenvalue weighted by molar-refractivity contribution is -0.0483. The molecule has 1 aliphatic carbocycles. The van der Waals surface area contributed by atoms with Crippen LogP contribution in [-0.2, 0) is 0 Å². The molecule has 1 unspecified atom stereocenters. The molecular weight excluding hydrogens is 264 g/mol. The minimum Gasteiger partial charge on any atom is -0.324 e. The Kier molecular flexibility index (Phi) is 3.31. The minimum atomic E-state index is -2.48. The zero-order valence-corrected chi connectivity index (χ0v) is 11.4. The van der Waals surface area contributed by atoms with Crippen LogP contribution in [0.25, 0.3) is 10.1 Å². The first-order chi connectivity index (χ1) is 9.07. The molecule has 1 aliphatic rings. The van der Waals surface area contributed by atoms with E-state index in [1.807, 2.05) is 12.1 Å². The molecule has 0 aliphatic heterocycles. The number of rotatable bonds is 2. The molecule has 1 nitrogen and oxygen atoms in total. The molecule has 0 radical (unpaired) electrons. The molecule has 2 N–H and O–H groups in total. The van der Waals surface area contributed by atoms with Gasteiger partial charge in [-0.05, 0) is 41.2 Å². The van der Waals surface area contributed by atoms with Gasteiger partial charge in [-0.25, -0.2) is 8.78 Å². The topological polar surface area (TPSA) is 26.0 Å². The first-order valence-corrected chi connectivity index (χ1v) is 7.54. The van der Waals surface area contributed by atoms with Crippen molar-refractivity contribution in [1.82, 2.24) is 0 Å². The third kappa shape index (κ3) is 2.51. The SMILES string of the molecule is NC(c1cccc2ccsc12)C1CCC(F)(F)CC1. The first-order valence-electron chi connectivity index (χ1n) is 6.66. The summed E-state index contributed by atoms with van der Waals surface area (Å²) in [5.41, 5.74) is 7.46. The molecule has 1 aromatic carbocycles. The van der Waals surface area contributed by atoms with Crippen molar-refractivity contribution in [1.29, 1.82) is 0 Å². The first kappa shape index (κ1) is 13.0. The van der Waals surface area contributed by atoms with E-state index in [2.05, 4.69) is 17.5 Å². The summed E-state index contributed by atoms with van der Waals surface area (Å²) >= 11 is 1.68. The number of fused-ring (bicyclic) bond motifs is 1. The molecule has 1 heterocycles. The van der Waals surface area contributed by atoms with Crippen molar-refractivity contribution in [2.24, 2.45) is 11.7 Å². The van der Waals surface area contributed by atoms with E-state index in [1.54, 1.807) is 11.3 Å². The fourth-order valence-corrected chi connectivity index (χ4v) is 3.92. The summed E-state index contributed by atoms with van der Waals surface area (Å²) in [6, 6.07) is 8.05. The van der Waals surface area contributed by atoms with Gasteiger partial charge < -0.3 is 5.73 Å². The van der Waals surface area contributed by atoms with Crippen molar-refractivity contribution in [3.8, 4) is 0 Å². The Balaban J connectivity index is 1.84. The number of halogens is 2. The fraction of sp³-hybridized carbons (Fsp3) is 0.467. The van der Waals surface area contributed by atoms with E-state index in [1.165, 1.54) is 10.1 Å². The van der Waals surface area contributed by atoms with Crippen molar-refractivity contribution in [2.45, 2.75) is 37.6 Å². The normalized spacial score (nSPS) is 21.6. The highest BCUT2D eigenvalue weighted by Gasteiger charge is 2.37. The van der Waals surface area contributed by atoms with E-state index in [-0.39, 0.29) is 24.8 Å². The Bertz CT molecular complexity index is 568. The van der Waals surface area contributed by atoms with Gasteiger partial charge in [-0.3, -0.25) is 0 Å². The Hall–Kier alpha value is -1.00. The Morgan fingerprint density at radius 1 is 1.21 bits per heavy atom. The Labute approximate surface area is 115 Å². The van der Waals surface area contributed by atoms with Gasteiger partial charge in [0.05, 0.1) is 0 Å². The highest BCUT2D eigenvalue weighted by molar-refractivity contribution is 7.17. The van der Waals surface area contributed by atoms with Crippen molar-refractivity contribution >= 4 is 21.4 Å². The Morgan fingerprint density at radius 2 is 1.95 bits per heavy atom. The zero-order valence-electron chi connectivity index (χ0n) is 10.6. The maximum absolute atomic E-state index is 13.2. The van der Waals surface area contributed by atoms with Gasteiger partial charge in [0.1, 0.15) is 0 Å². The summed E-state index contributed by atoms with van der Waals surface area (Å²) < 4.78 is 27.6. The van der Waals surface area contributed by atoms with Crippen molar-refractivity contribution in [3.63, 3.8) is 0 Å².